The third-order valence-electron chi connectivity index (χ3n) is 5.27. The lowest BCUT2D eigenvalue weighted by molar-refractivity contribution is 0.239. The molecule has 0 bridgehead atoms. The normalized spacial score (nSPS) is 16.7. The molecule has 0 saturated heterocycles. The van der Waals surface area contributed by atoms with Crippen LogP contribution in [0.3, 0.4) is 0 Å². The van der Waals surface area contributed by atoms with Crippen LogP contribution < -0.4 is 5.56 Å². The van der Waals surface area contributed by atoms with Crippen molar-refractivity contribution in [1.82, 2.24) is 14.9 Å². The van der Waals surface area contributed by atoms with Crippen LogP contribution in [0.15, 0.2) is 35.1 Å². The first-order chi connectivity index (χ1) is 12.3. The number of nitrogens with one attached hydrogen (secondary N) is 1. The van der Waals surface area contributed by atoms with Crippen molar-refractivity contribution in [3.8, 4) is 0 Å². The molecule has 128 valence electrons. The van der Waals surface area contributed by atoms with E-state index in [-0.39, 0.29) is 5.56 Å². The molecule has 25 heavy (non-hydrogen) atoms. The Kier molecular flexibility index (Phi) is 3.71. The van der Waals surface area contributed by atoms with Gasteiger partial charge in [-0.05, 0) is 43.2 Å². The molecule has 5 heteroatoms. The monoisotopic (exact) mass is 351 g/mol. The van der Waals surface area contributed by atoms with Crippen LogP contribution >= 0.6 is 11.3 Å². The van der Waals surface area contributed by atoms with Gasteiger partial charge in [0.2, 0.25) is 0 Å². The van der Waals surface area contributed by atoms with Crippen molar-refractivity contribution in [2.24, 2.45) is 0 Å². The summed E-state index contributed by atoms with van der Waals surface area (Å²) in [7, 11) is 0. The van der Waals surface area contributed by atoms with Crippen molar-refractivity contribution in [2.75, 3.05) is 0 Å². The van der Waals surface area contributed by atoms with Gasteiger partial charge in [-0.2, -0.15) is 0 Å². The lowest BCUT2D eigenvalue weighted by Gasteiger charge is -2.21. The van der Waals surface area contributed by atoms with Gasteiger partial charge in [0.1, 0.15) is 10.7 Å². The van der Waals surface area contributed by atoms with E-state index in [1.807, 2.05) is 6.07 Å². The van der Waals surface area contributed by atoms with E-state index in [9.17, 15) is 4.79 Å². The van der Waals surface area contributed by atoms with Crippen molar-refractivity contribution in [3.05, 3.63) is 62.5 Å². The highest BCUT2D eigenvalue weighted by molar-refractivity contribution is 7.18. The second kappa shape index (κ2) is 6.07. The number of aryl methyl sites for hydroxylation is 2. The minimum atomic E-state index is 0.0508. The molecule has 0 spiro atoms. The first kappa shape index (κ1) is 15.3. The topological polar surface area (TPSA) is 49.0 Å². The maximum atomic E-state index is 12.6. The SMILES string of the molecule is O=c1[nH]c(CN(Cc2ccccc2)C2CC2)nc2sc3c(c12)CCC3. The standard InChI is InChI=1S/C20H21N3OS/c24-19-18-15-7-4-8-16(15)25-20(18)22-17(21-19)12-23(14-9-10-14)11-13-5-2-1-3-6-13/h1-3,5-6,14H,4,7-12H2,(H,21,22,24). The Hall–Kier alpha value is -1.98. The zero-order valence-corrected chi connectivity index (χ0v) is 14.9. The molecule has 2 aliphatic carbocycles. The van der Waals surface area contributed by atoms with Gasteiger partial charge in [-0.15, -0.1) is 11.3 Å². The summed E-state index contributed by atoms with van der Waals surface area (Å²) >= 11 is 1.72. The molecular weight excluding hydrogens is 330 g/mol. The zero-order valence-electron chi connectivity index (χ0n) is 14.1. The maximum absolute atomic E-state index is 12.6. The molecule has 0 unspecified atom stereocenters. The summed E-state index contributed by atoms with van der Waals surface area (Å²) < 4.78 is 0. The quantitative estimate of drug-likeness (QED) is 0.763. The Morgan fingerprint density at radius 3 is 2.80 bits per heavy atom. The largest absolute Gasteiger partial charge is 0.309 e. The molecule has 0 radical (unpaired) electrons. The van der Waals surface area contributed by atoms with Gasteiger partial charge in [-0.25, -0.2) is 4.98 Å². The minimum absolute atomic E-state index is 0.0508. The molecule has 4 nitrogen and oxygen atoms in total. The van der Waals surface area contributed by atoms with E-state index >= 15 is 0 Å². The smallest absolute Gasteiger partial charge is 0.259 e. The number of aromatic amines is 1. The fraction of sp³-hybridized carbons (Fsp3) is 0.400. The molecule has 0 amide bonds. The number of hydrogen-bond acceptors (Lipinski definition) is 4. The molecule has 3 aromatic rings. The summed E-state index contributed by atoms with van der Waals surface area (Å²) in [4.78, 5) is 25.3. The van der Waals surface area contributed by atoms with Crippen LogP contribution in [0.4, 0.5) is 0 Å². The summed E-state index contributed by atoms with van der Waals surface area (Å²) in [6.07, 6.45) is 5.79. The predicted molar refractivity (Wildman–Crippen MR) is 101 cm³/mol. The van der Waals surface area contributed by atoms with Crippen LogP contribution in [-0.2, 0) is 25.9 Å². The number of aromatic nitrogens is 2. The van der Waals surface area contributed by atoms with Crippen molar-refractivity contribution in [1.29, 1.82) is 0 Å². The van der Waals surface area contributed by atoms with Crippen LogP contribution in [0, 0.1) is 0 Å². The molecule has 0 atom stereocenters. The van der Waals surface area contributed by atoms with Crippen LogP contribution in [0.1, 0.15) is 41.1 Å². The Balaban J connectivity index is 1.45. The Morgan fingerprint density at radius 1 is 1.16 bits per heavy atom. The number of benzene rings is 1. The fourth-order valence-electron chi connectivity index (χ4n) is 3.89. The average Bonchev–Trinajstić information content (AvgIpc) is 3.26. The van der Waals surface area contributed by atoms with Gasteiger partial charge in [-0.3, -0.25) is 9.69 Å². The molecule has 1 N–H and O–H groups in total. The molecule has 2 heterocycles. The molecule has 5 rings (SSSR count). The molecule has 2 aromatic heterocycles. The van der Waals surface area contributed by atoms with Gasteiger partial charge in [0, 0.05) is 17.5 Å². The van der Waals surface area contributed by atoms with Gasteiger partial charge in [0.25, 0.3) is 5.56 Å². The number of H-pyrrole nitrogens is 1. The maximum Gasteiger partial charge on any atom is 0.259 e. The first-order valence-electron chi connectivity index (χ1n) is 9.09. The highest BCUT2D eigenvalue weighted by Crippen LogP contribution is 2.35. The highest BCUT2D eigenvalue weighted by atomic mass is 32.1. The second-order valence-corrected chi connectivity index (χ2v) is 8.26. The number of fused-ring (bicyclic) bond motifs is 3. The van der Waals surface area contributed by atoms with Crippen molar-refractivity contribution in [2.45, 2.75) is 51.2 Å². The average molecular weight is 351 g/mol. The van der Waals surface area contributed by atoms with E-state index < -0.39 is 0 Å². The molecule has 0 aliphatic heterocycles. The van der Waals surface area contributed by atoms with E-state index in [0.29, 0.717) is 12.6 Å². The summed E-state index contributed by atoms with van der Waals surface area (Å²) in [6.45, 7) is 1.63. The summed E-state index contributed by atoms with van der Waals surface area (Å²) in [6, 6.07) is 11.2. The molecule has 1 saturated carbocycles. The molecule has 1 fully saturated rings. The number of rotatable bonds is 5. The van der Waals surface area contributed by atoms with Gasteiger partial charge in [0.15, 0.2) is 0 Å². The summed E-state index contributed by atoms with van der Waals surface area (Å²) in [5.41, 5.74) is 2.62. The summed E-state index contributed by atoms with van der Waals surface area (Å²) in [5, 5.41) is 0.849. The third kappa shape index (κ3) is 2.92. The highest BCUT2D eigenvalue weighted by Gasteiger charge is 2.30. The zero-order chi connectivity index (χ0) is 16.8. The second-order valence-electron chi connectivity index (χ2n) is 7.17. The first-order valence-corrected chi connectivity index (χ1v) is 9.91. The van der Waals surface area contributed by atoms with E-state index in [4.69, 9.17) is 4.98 Å². The van der Waals surface area contributed by atoms with Gasteiger partial charge < -0.3 is 4.98 Å². The molecular formula is C20H21N3OS. The van der Waals surface area contributed by atoms with Crippen LogP contribution in [0.2, 0.25) is 0 Å². The van der Waals surface area contributed by atoms with E-state index in [1.165, 1.54) is 35.3 Å². The van der Waals surface area contributed by atoms with Crippen molar-refractivity contribution in [3.63, 3.8) is 0 Å². The van der Waals surface area contributed by atoms with Gasteiger partial charge >= 0.3 is 0 Å². The number of hydrogen-bond donors (Lipinski definition) is 1. The number of thiophene rings is 1. The van der Waals surface area contributed by atoms with Crippen LogP contribution in [0.25, 0.3) is 10.2 Å². The van der Waals surface area contributed by atoms with E-state index in [2.05, 4.69) is 34.1 Å². The van der Waals surface area contributed by atoms with Gasteiger partial charge in [0.05, 0.1) is 11.9 Å². The van der Waals surface area contributed by atoms with Gasteiger partial charge in [-0.1, -0.05) is 30.3 Å². The Labute approximate surface area is 150 Å². The van der Waals surface area contributed by atoms with E-state index in [1.54, 1.807) is 11.3 Å². The summed E-state index contributed by atoms with van der Waals surface area (Å²) in [5.74, 6) is 0.806. The van der Waals surface area contributed by atoms with Crippen molar-refractivity contribution < 1.29 is 0 Å². The lowest BCUT2D eigenvalue weighted by Crippen LogP contribution is -2.27. The fourth-order valence-corrected chi connectivity index (χ4v) is 5.17. The molecule has 2 aliphatic rings. The van der Waals surface area contributed by atoms with E-state index in [0.717, 1.165) is 35.4 Å². The predicted octanol–water partition coefficient (Wildman–Crippen LogP) is 3.64. The molecule has 1 aromatic carbocycles. The Bertz CT molecular complexity index is 972. The van der Waals surface area contributed by atoms with Crippen LogP contribution in [-0.4, -0.2) is 20.9 Å². The third-order valence-corrected chi connectivity index (χ3v) is 6.45. The number of nitrogens with zero attached hydrogens (tertiary/aromatic N) is 2. The van der Waals surface area contributed by atoms with Crippen LogP contribution in [0.5, 0.6) is 0 Å². The lowest BCUT2D eigenvalue weighted by atomic mass is 10.2. The Morgan fingerprint density at radius 2 is 2.00 bits per heavy atom. The van der Waals surface area contributed by atoms with Crippen molar-refractivity contribution >= 4 is 21.6 Å². The minimum Gasteiger partial charge on any atom is -0.309 e.